The predicted molar refractivity (Wildman–Crippen MR) is 98.6 cm³/mol. The number of anilines is 1. The number of nitrogens with zero attached hydrogens (tertiary/aromatic N) is 3. The normalized spacial score (nSPS) is 20.3. The topological polar surface area (TPSA) is 97.9 Å². The highest BCUT2D eigenvalue weighted by Crippen LogP contribution is 2.31. The van der Waals surface area contributed by atoms with Crippen molar-refractivity contribution in [3.63, 3.8) is 0 Å². The van der Waals surface area contributed by atoms with Crippen LogP contribution in [0.2, 0.25) is 5.02 Å². The van der Waals surface area contributed by atoms with E-state index in [2.05, 4.69) is 20.7 Å². The van der Waals surface area contributed by atoms with E-state index < -0.39 is 0 Å². The summed E-state index contributed by atoms with van der Waals surface area (Å²) in [5, 5.41) is 10.5. The van der Waals surface area contributed by atoms with Crippen LogP contribution in [-0.4, -0.2) is 32.9 Å². The Hall–Kier alpha value is -2.12. The van der Waals surface area contributed by atoms with E-state index >= 15 is 0 Å². The number of carbonyl (C=O) groups excluding carboxylic acids is 1. The molecule has 2 aromatic rings. The Labute approximate surface area is 151 Å². The van der Waals surface area contributed by atoms with Gasteiger partial charge >= 0.3 is 6.03 Å². The van der Waals surface area contributed by atoms with E-state index in [1.807, 2.05) is 14.0 Å². The van der Waals surface area contributed by atoms with Crippen molar-refractivity contribution < 1.29 is 4.79 Å². The van der Waals surface area contributed by atoms with Gasteiger partial charge in [0.2, 0.25) is 0 Å². The molecule has 0 bridgehead atoms. The second kappa shape index (κ2) is 7.41. The van der Waals surface area contributed by atoms with E-state index in [0.29, 0.717) is 10.8 Å². The quantitative estimate of drug-likeness (QED) is 0.781. The molecule has 1 fully saturated rings. The van der Waals surface area contributed by atoms with E-state index in [4.69, 9.17) is 17.3 Å². The van der Waals surface area contributed by atoms with Gasteiger partial charge < -0.3 is 11.1 Å². The maximum Gasteiger partial charge on any atom is 0.320 e. The summed E-state index contributed by atoms with van der Waals surface area (Å²) in [5.41, 5.74) is 8.59. The first kappa shape index (κ1) is 17.7. The first-order valence-electron chi connectivity index (χ1n) is 8.41. The summed E-state index contributed by atoms with van der Waals surface area (Å²) in [5.74, 6) is 0.452. The average molecular weight is 363 g/mol. The fraction of sp³-hybridized carbons (Fsp3) is 0.471. The number of nitrogens with two attached hydrogens (primary N) is 1. The van der Waals surface area contributed by atoms with E-state index in [1.54, 1.807) is 23.1 Å². The molecule has 0 spiro atoms. The van der Waals surface area contributed by atoms with E-state index in [1.165, 1.54) is 0 Å². The maximum atomic E-state index is 12.2. The highest BCUT2D eigenvalue weighted by atomic mass is 35.5. The fourth-order valence-corrected chi connectivity index (χ4v) is 3.28. The molecule has 2 heterocycles. The molecule has 1 aliphatic rings. The largest absolute Gasteiger partial charge is 0.335 e. The lowest BCUT2D eigenvalue weighted by molar-refractivity contribution is 0.242. The van der Waals surface area contributed by atoms with Crippen molar-refractivity contribution in [3.05, 3.63) is 29.2 Å². The number of urea groups is 1. The summed E-state index contributed by atoms with van der Waals surface area (Å²) in [6.07, 6.45) is 6.99. The van der Waals surface area contributed by atoms with Crippen molar-refractivity contribution >= 4 is 23.4 Å². The molecule has 134 valence electrons. The molecule has 2 amide bonds. The molecule has 0 aromatic carbocycles. The van der Waals surface area contributed by atoms with Crippen molar-refractivity contribution in [3.8, 4) is 11.1 Å². The summed E-state index contributed by atoms with van der Waals surface area (Å²) in [6, 6.07) is 1.92. The van der Waals surface area contributed by atoms with Gasteiger partial charge in [0.15, 0.2) is 0 Å². The summed E-state index contributed by atoms with van der Waals surface area (Å²) >= 11 is 6.28. The minimum Gasteiger partial charge on any atom is -0.335 e. The molecular weight excluding hydrogens is 340 g/mol. The summed E-state index contributed by atoms with van der Waals surface area (Å²) in [6.45, 7) is 1.96. The molecule has 0 radical (unpaired) electrons. The van der Waals surface area contributed by atoms with Crippen LogP contribution in [0.15, 0.2) is 18.5 Å². The summed E-state index contributed by atoms with van der Waals surface area (Å²) in [7, 11) is 1.87. The Kier molecular flexibility index (Phi) is 5.24. The summed E-state index contributed by atoms with van der Waals surface area (Å²) in [4.78, 5) is 16.4. The number of aromatic nitrogens is 3. The van der Waals surface area contributed by atoms with Crippen LogP contribution in [0.1, 0.15) is 31.4 Å². The molecule has 2 aromatic heterocycles. The molecule has 8 heteroatoms. The minimum atomic E-state index is -0.260. The van der Waals surface area contributed by atoms with Gasteiger partial charge in [-0.3, -0.25) is 10.00 Å². The first-order valence-corrected chi connectivity index (χ1v) is 8.79. The van der Waals surface area contributed by atoms with Gasteiger partial charge in [-0.15, -0.1) is 0 Å². The van der Waals surface area contributed by atoms with Gasteiger partial charge in [-0.1, -0.05) is 11.6 Å². The molecule has 1 saturated carbocycles. The molecule has 4 N–H and O–H groups in total. The number of pyridine rings is 1. The number of nitrogens with one attached hydrogen (secondary N) is 2. The molecule has 0 saturated heterocycles. The van der Waals surface area contributed by atoms with Crippen molar-refractivity contribution in [2.75, 3.05) is 5.32 Å². The molecule has 0 aliphatic heterocycles. The van der Waals surface area contributed by atoms with Crippen molar-refractivity contribution in [2.24, 2.45) is 12.8 Å². The third-order valence-electron chi connectivity index (χ3n) is 4.73. The second-order valence-electron chi connectivity index (χ2n) is 6.53. The van der Waals surface area contributed by atoms with Crippen LogP contribution in [0.25, 0.3) is 11.1 Å². The Bertz CT molecular complexity index is 766. The third-order valence-corrected chi connectivity index (χ3v) is 5.03. The maximum absolute atomic E-state index is 12.2. The molecular formula is C17H23ClN6O. The number of aryl methyl sites for hydroxylation is 1. The number of hydrogen-bond donors (Lipinski definition) is 3. The van der Waals surface area contributed by atoms with Crippen LogP contribution in [-0.2, 0) is 7.05 Å². The van der Waals surface area contributed by atoms with Crippen molar-refractivity contribution in [1.82, 2.24) is 20.1 Å². The zero-order valence-electron chi connectivity index (χ0n) is 14.4. The van der Waals surface area contributed by atoms with Crippen molar-refractivity contribution in [2.45, 2.75) is 44.7 Å². The Morgan fingerprint density at radius 1 is 1.28 bits per heavy atom. The van der Waals surface area contributed by atoms with Crippen LogP contribution in [0, 0.1) is 6.92 Å². The van der Waals surface area contributed by atoms with Crippen LogP contribution in [0.4, 0.5) is 10.6 Å². The SMILES string of the molecule is Cc1c(-c2cc(NC(=O)NC3CCC(N)CC3)ncc2Cl)cnn1C. The van der Waals surface area contributed by atoms with Gasteiger partial charge in [0.1, 0.15) is 5.82 Å². The van der Waals surface area contributed by atoms with E-state index in [-0.39, 0.29) is 18.1 Å². The molecule has 1 aliphatic carbocycles. The Morgan fingerprint density at radius 3 is 2.64 bits per heavy atom. The fourth-order valence-electron chi connectivity index (χ4n) is 3.08. The molecule has 0 unspecified atom stereocenters. The predicted octanol–water partition coefficient (Wildman–Crippen LogP) is 2.84. The monoisotopic (exact) mass is 362 g/mol. The van der Waals surface area contributed by atoms with Gasteiger partial charge in [0.05, 0.1) is 11.2 Å². The van der Waals surface area contributed by atoms with Gasteiger partial charge in [-0.25, -0.2) is 9.78 Å². The van der Waals surface area contributed by atoms with Crippen molar-refractivity contribution in [1.29, 1.82) is 0 Å². The molecule has 7 nitrogen and oxygen atoms in total. The number of carbonyl (C=O) groups is 1. The van der Waals surface area contributed by atoms with Crippen LogP contribution >= 0.6 is 11.6 Å². The van der Waals surface area contributed by atoms with E-state index in [9.17, 15) is 4.79 Å². The molecule has 25 heavy (non-hydrogen) atoms. The Balaban J connectivity index is 1.70. The number of hydrogen-bond acceptors (Lipinski definition) is 4. The minimum absolute atomic E-state index is 0.159. The smallest absolute Gasteiger partial charge is 0.320 e. The first-order chi connectivity index (χ1) is 11.9. The number of halogens is 1. The second-order valence-corrected chi connectivity index (χ2v) is 6.93. The number of rotatable bonds is 3. The zero-order valence-corrected chi connectivity index (χ0v) is 15.2. The lowest BCUT2D eigenvalue weighted by Crippen LogP contribution is -2.42. The Morgan fingerprint density at radius 2 is 2.00 bits per heavy atom. The van der Waals surface area contributed by atoms with Gasteiger partial charge in [0, 0.05) is 42.1 Å². The lowest BCUT2D eigenvalue weighted by atomic mass is 9.92. The average Bonchev–Trinajstić information content (AvgIpc) is 2.91. The zero-order chi connectivity index (χ0) is 18.0. The number of amides is 2. The van der Waals surface area contributed by atoms with Gasteiger partial charge in [0.25, 0.3) is 0 Å². The van der Waals surface area contributed by atoms with Gasteiger partial charge in [-0.05, 0) is 38.7 Å². The highest BCUT2D eigenvalue weighted by Gasteiger charge is 2.20. The summed E-state index contributed by atoms with van der Waals surface area (Å²) < 4.78 is 1.78. The molecule has 0 atom stereocenters. The molecule has 3 rings (SSSR count). The van der Waals surface area contributed by atoms with Crippen LogP contribution < -0.4 is 16.4 Å². The van der Waals surface area contributed by atoms with Crippen LogP contribution in [0.3, 0.4) is 0 Å². The van der Waals surface area contributed by atoms with Crippen LogP contribution in [0.5, 0.6) is 0 Å². The standard InChI is InChI=1S/C17H23ClN6O/c1-10-14(8-21-24(10)2)13-7-16(20-9-15(13)18)23-17(25)22-12-5-3-11(19)4-6-12/h7-9,11-12H,3-6,19H2,1-2H3,(H2,20,22,23,25). The van der Waals surface area contributed by atoms with Gasteiger partial charge in [-0.2, -0.15) is 5.10 Å². The lowest BCUT2D eigenvalue weighted by Gasteiger charge is -2.26. The highest BCUT2D eigenvalue weighted by molar-refractivity contribution is 6.33. The van der Waals surface area contributed by atoms with E-state index in [0.717, 1.165) is 42.5 Å². The third kappa shape index (κ3) is 4.11.